The Morgan fingerprint density at radius 2 is 1.85 bits per heavy atom. The van der Waals surface area contributed by atoms with E-state index in [0.29, 0.717) is 12.1 Å². The SMILES string of the molecule is CN(C(=O)OC(C)(C)C)c1ccccc1CCC(=O)O. The highest BCUT2D eigenvalue weighted by atomic mass is 16.6. The minimum Gasteiger partial charge on any atom is -0.481 e. The third-order valence-corrected chi connectivity index (χ3v) is 2.63. The Morgan fingerprint density at radius 1 is 1.25 bits per heavy atom. The Hall–Kier alpha value is -2.04. The average Bonchev–Trinajstić information content (AvgIpc) is 2.33. The number of aryl methyl sites for hydroxylation is 1. The Balaban J connectivity index is 2.89. The second-order valence-electron chi connectivity index (χ2n) is 5.56. The summed E-state index contributed by atoms with van der Waals surface area (Å²) >= 11 is 0. The normalized spacial score (nSPS) is 11.0. The van der Waals surface area contributed by atoms with E-state index in [-0.39, 0.29) is 6.42 Å². The highest BCUT2D eigenvalue weighted by Gasteiger charge is 2.21. The molecule has 0 saturated carbocycles. The van der Waals surface area contributed by atoms with Crippen LogP contribution in [0.25, 0.3) is 0 Å². The lowest BCUT2D eigenvalue weighted by Crippen LogP contribution is -2.34. The monoisotopic (exact) mass is 279 g/mol. The van der Waals surface area contributed by atoms with E-state index in [9.17, 15) is 9.59 Å². The van der Waals surface area contributed by atoms with Crippen molar-refractivity contribution in [3.63, 3.8) is 0 Å². The first-order valence-corrected chi connectivity index (χ1v) is 6.47. The van der Waals surface area contributed by atoms with E-state index in [2.05, 4.69) is 0 Å². The fraction of sp³-hybridized carbons (Fsp3) is 0.467. The second-order valence-corrected chi connectivity index (χ2v) is 5.56. The molecule has 1 aromatic rings. The number of amides is 1. The number of anilines is 1. The van der Waals surface area contributed by atoms with E-state index in [1.54, 1.807) is 40.0 Å². The van der Waals surface area contributed by atoms with Gasteiger partial charge in [-0.25, -0.2) is 4.79 Å². The Labute approximate surface area is 119 Å². The summed E-state index contributed by atoms with van der Waals surface area (Å²) in [4.78, 5) is 24.1. The summed E-state index contributed by atoms with van der Waals surface area (Å²) in [5, 5.41) is 8.76. The number of nitrogens with zero attached hydrogens (tertiary/aromatic N) is 1. The van der Waals surface area contributed by atoms with Gasteiger partial charge in [-0.1, -0.05) is 18.2 Å². The van der Waals surface area contributed by atoms with E-state index in [1.165, 1.54) is 4.90 Å². The molecule has 1 N–H and O–H groups in total. The molecule has 0 aromatic heterocycles. The van der Waals surface area contributed by atoms with Gasteiger partial charge >= 0.3 is 12.1 Å². The van der Waals surface area contributed by atoms with Gasteiger partial charge in [0.2, 0.25) is 0 Å². The highest BCUT2D eigenvalue weighted by molar-refractivity contribution is 5.88. The quantitative estimate of drug-likeness (QED) is 0.919. The maximum Gasteiger partial charge on any atom is 0.414 e. The van der Waals surface area contributed by atoms with Gasteiger partial charge in [0, 0.05) is 19.2 Å². The van der Waals surface area contributed by atoms with Gasteiger partial charge in [0.05, 0.1) is 0 Å². The van der Waals surface area contributed by atoms with Crippen molar-refractivity contribution in [2.24, 2.45) is 0 Å². The van der Waals surface area contributed by atoms with Crippen LogP contribution < -0.4 is 4.90 Å². The number of ether oxygens (including phenoxy) is 1. The van der Waals surface area contributed by atoms with Crippen molar-refractivity contribution in [1.29, 1.82) is 0 Å². The minimum absolute atomic E-state index is 0.0270. The van der Waals surface area contributed by atoms with Gasteiger partial charge in [-0.2, -0.15) is 0 Å². The number of carboxylic acid groups (broad SMARTS) is 1. The van der Waals surface area contributed by atoms with E-state index in [0.717, 1.165) is 5.56 Å². The lowest BCUT2D eigenvalue weighted by molar-refractivity contribution is -0.136. The summed E-state index contributed by atoms with van der Waals surface area (Å²) in [5.41, 5.74) is 0.910. The molecule has 0 saturated heterocycles. The predicted molar refractivity (Wildman–Crippen MR) is 77.0 cm³/mol. The molecule has 0 aliphatic rings. The summed E-state index contributed by atoms with van der Waals surface area (Å²) < 4.78 is 5.31. The molecule has 0 radical (unpaired) electrons. The number of carboxylic acids is 1. The second kappa shape index (κ2) is 6.41. The number of hydrogen-bond acceptors (Lipinski definition) is 3. The van der Waals surface area contributed by atoms with Gasteiger partial charge < -0.3 is 9.84 Å². The Kier molecular flexibility index (Phi) is 5.13. The maximum absolute atomic E-state index is 12.0. The van der Waals surface area contributed by atoms with Crippen LogP contribution in [0.4, 0.5) is 10.5 Å². The fourth-order valence-corrected chi connectivity index (χ4v) is 1.72. The molecule has 0 unspecified atom stereocenters. The third-order valence-electron chi connectivity index (χ3n) is 2.63. The predicted octanol–water partition coefficient (Wildman–Crippen LogP) is 3.08. The molecule has 0 fully saturated rings. The smallest absolute Gasteiger partial charge is 0.414 e. The first-order chi connectivity index (χ1) is 9.20. The summed E-state index contributed by atoms with van der Waals surface area (Å²) in [6.45, 7) is 5.40. The zero-order valence-corrected chi connectivity index (χ0v) is 12.3. The van der Waals surface area contributed by atoms with Crippen LogP contribution in [0.5, 0.6) is 0 Å². The molecular weight excluding hydrogens is 258 g/mol. The van der Waals surface area contributed by atoms with Crippen molar-refractivity contribution in [3.8, 4) is 0 Å². The van der Waals surface area contributed by atoms with Crippen molar-refractivity contribution < 1.29 is 19.4 Å². The van der Waals surface area contributed by atoms with Gasteiger partial charge in [0.25, 0.3) is 0 Å². The number of carbonyl (C=O) groups is 2. The molecule has 0 atom stereocenters. The van der Waals surface area contributed by atoms with Crippen molar-refractivity contribution in [3.05, 3.63) is 29.8 Å². The molecule has 20 heavy (non-hydrogen) atoms. The molecule has 110 valence electrons. The number of para-hydroxylation sites is 1. The molecule has 1 amide bonds. The number of benzene rings is 1. The molecule has 5 nitrogen and oxygen atoms in total. The van der Waals surface area contributed by atoms with Crippen LogP contribution in [0.15, 0.2) is 24.3 Å². The molecule has 0 aliphatic carbocycles. The van der Waals surface area contributed by atoms with E-state index >= 15 is 0 Å². The van der Waals surface area contributed by atoms with Crippen LogP contribution in [0, 0.1) is 0 Å². The minimum atomic E-state index is -0.861. The van der Waals surface area contributed by atoms with Gasteiger partial charge in [-0.3, -0.25) is 9.69 Å². The van der Waals surface area contributed by atoms with E-state index in [1.807, 2.05) is 12.1 Å². The van der Waals surface area contributed by atoms with Crippen LogP contribution in [0.1, 0.15) is 32.8 Å². The van der Waals surface area contributed by atoms with Crippen LogP contribution in [0.2, 0.25) is 0 Å². The first kappa shape index (κ1) is 16.0. The summed E-state index contributed by atoms with van der Waals surface area (Å²) in [6.07, 6.45) is -0.0575. The zero-order valence-electron chi connectivity index (χ0n) is 12.3. The molecule has 1 rings (SSSR count). The molecule has 1 aromatic carbocycles. The van der Waals surface area contributed by atoms with Crippen molar-refractivity contribution in [2.75, 3.05) is 11.9 Å². The number of hydrogen-bond donors (Lipinski definition) is 1. The van der Waals surface area contributed by atoms with E-state index in [4.69, 9.17) is 9.84 Å². The Bertz CT molecular complexity index is 491. The summed E-state index contributed by atoms with van der Waals surface area (Å²) in [6, 6.07) is 7.23. The number of aliphatic carboxylic acids is 1. The molecule has 0 spiro atoms. The summed E-state index contributed by atoms with van der Waals surface area (Å²) in [5.74, 6) is -0.861. The fourth-order valence-electron chi connectivity index (χ4n) is 1.72. The Morgan fingerprint density at radius 3 is 2.40 bits per heavy atom. The van der Waals surface area contributed by atoms with Gasteiger partial charge in [0.15, 0.2) is 0 Å². The molecular formula is C15H21NO4. The number of carbonyl (C=O) groups excluding carboxylic acids is 1. The van der Waals surface area contributed by atoms with Crippen molar-refractivity contribution in [2.45, 2.75) is 39.2 Å². The van der Waals surface area contributed by atoms with Crippen LogP contribution >= 0.6 is 0 Å². The third kappa shape index (κ3) is 4.91. The standard InChI is InChI=1S/C15H21NO4/c1-15(2,3)20-14(19)16(4)12-8-6-5-7-11(12)9-10-13(17)18/h5-8H,9-10H2,1-4H3,(H,17,18). The van der Waals surface area contributed by atoms with E-state index < -0.39 is 17.7 Å². The maximum atomic E-state index is 12.0. The van der Waals surface area contributed by atoms with Gasteiger partial charge in [-0.05, 0) is 38.8 Å². The van der Waals surface area contributed by atoms with Crippen LogP contribution in [-0.4, -0.2) is 29.8 Å². The van der Waals surface area contributed by atoms with Gasteiger partial charge in [0.1, 0.15) is 5.60 Å². The topological polar surface area (TPSA) is 66.8 Å². The average molecular weight is 279 g/mol. The lowest BCUT2D eigenvalue weighted by Gasteiger charge is -2.26. The van der Waals surface area contributed by atoms with Crippen molar-refractivity contribution >= 4 is 17.7 Å². The van der Waals surface area contributed by atoms with Gasteiger partial charge in [-0.15, -0.1) is 0 Å². The lowest BCUT2D eigenvalue weighted by atomic mass is 10.1. The molecule has 0 heterocycles. The van der Waals surface area contributed by atoms with Crippen molar-refractivity contribution in [1.82, 2.24) is 0 Å². The first-order valence-electron chi connectivity index (χ1n) is 6.47. The summed E-state index contributed by atoms with van der Waals surface area (Å²) in [7, 11) is 1.62. The molecule has 0 bridgehead atoms. The molecule has 0 aliphatic heterocycles. The van der Waals surface area contributed by atoms with Crippen LogP contribution in [-0.2, 0) is 16.0 Å². The highest BCUT2D eigenvalue weighted by Crippen LogP contribution is 2.22. The number of rotatable bonds is 4. The molecule has 5 heteroatoms. The largest absolute Gasteiger partial charge is 0.481 e. The van der Waals surface area contributed by atoms with Crippen LogP contribution in [0.3, 0.4) is 0 Å². The zero-order chi connectivity index (χ0) is 15.3.